The third kappa shape index (κ3) is 3.42. The van der Waals surface area contributed by atoms with Gasteiger partial charge in [-0.3, -0.25) is 4.79 Å². The molecule has 1 saturated heterocycles. The van der Waals surface area contributed by atoms with E-state index in [1.54, 1.807) is 7.11 Å². The summed E-state index contributed by atoms with van der Waals surface area (Å²) in [5.41, 5.74) is 2.95. The first kappa shape index (κ1) is 17.7. The number of amides is 1. The van der Waals surface area contributed by atoms with Crippen molar-refractivity contribution in [3.63, 3.8) is 0 Å². The summed E-state index contributed by atoms with van der Waals surface area (Å²) < 4.78 is 11.0. The number of rotatable bonds is 6. The van der Waals surface area contributed by atoms with Gasteiger partial charge in [-0.25, -0.2) is 9.97 Å². The first-order chi connectivity index (χ1) is 12.6. The van der Waals surface area contributed by atoms with Gasteiger partial charge in [0.25, 0.3) is 0 Å². The Morgan fingerprint density at radius 1 is 1.42 bits per heavy atom. The molecule has 0 bridgehead atoms. The van der Waals surface area contributed by atoms with E-state index in [2.05, 4.69) is 10.3 Å². The molecule has 1 saturated carbocycles. The fourth-order valence-electron chi connectivity index (χ4n) is 4.00. The second-order valence-electron chi connectivity index (χ2n) is 7.87. The Kier molecular flexibility index (Phi) is 4.84. The topological polar surface area (TPSA) is 76.6 Å². The molecule has 1 aromatic heterocycles. The highest BCUT2D eigenvalue weighted by atomic mass is 16.5. The molecular weight excluding hydrogens is 332 g/mol. The van der Waals surface area contributed by atoms with Gasteiger partial charge in [-0.2, -0.15) is 0 Å². The Hall–Kier alpha value is -1.73. The lowest BCUT2D eigenvalue weighted by atomic mass is 9.80. The maximum Gasteiger partial charge on any atom is 0.224 e. The molecule has 1 aliphatic carbocycles. The van der Waals surface area contributed by atoms with Gasteiger partial charge >= 0.3 is 0 Å². The van der Waals surface area contributed by atoms with Crippen LogP contribution in [-0.4, -0.2) is 60.7 Å². The first-order valence-corrected chi connectivity index (χ1v) is 9.57. The van der Waals surface area contributed by atoms with Crippen LogP contribution in [0.15, 0.2) is 0 Å². The summed E-state index contributed by atoms with van der Waals surface area (Å²) in [6.45, 7) is 6.03. The van der Waals surface area contributed by atoms with Crippen LogP contribution in [-0.2, 0) is 26.3 Å². The van der Waals surface area contributed by atoms with Crippen LogP contribution in [0.25, 0.3) is 0 Å². The minimum atomic E-state index is -0.208. The molecule has 1 N–H and O–H groups in total. The van der Waals surface area contributed by atoms with Crippen molar-refractivity contribution in [1.29, 1.82) is 0 Å². The molecule has 7 nitrogen and oxygen atoms in total. The number of carbonyl (C=O) groups excluding carboxylic acids is 1. The minimum Gasteiger partial charge on any atom is -0.384 e. The molecule has 7 heteroatoms. The van der Waals surface area contributed by atoms with E-state index in [1.165, 1.54) is 12.8 Å². The van der Waals surface area contributed by atoms with Crippen molar-refractivity contribution in [2.45, 2.75) is 44.6 Å². The van der Waals surface area contributed by atoms with Crippen LogP contribution in [0.3, 0.4) is 0 Å². The van der Waals surface area contributed by atoms with Gasteiger partial charge in [0.15, 0.2) is 0 Å². The molecule has 0 radical (unpaired) electrons. The Morgan fingerprint density at radius 2 is 2.27 bits per heavy atom. The van der Waals surface area contributed by atoms with Crippen molar-refractivity contribution in [2.75, 3.05) is 45.3 Å². The molecule has 1 amide bonds. The fraction of sp³-hybridized carbons (Fsp3) is 0.737. The van der Waals surface area contributed by atoms with E-state index in [0.29, 0.717) is 32.8 Å². The number of hydrogen-bond acceptors (Lipinski definition) is 6. The van der Waals surface area contributed by atoms with Crippen LogP contribution < -0.4 is 5.32 Å². The van der Waals surface area contributed by atoms with E-state index >= 15 is 0 Å². The maximum atomic E-state index is 12.4. The summed E-state index contributed by atoms with van der Waals surface area (Å²) in [5.74, 6) is 1.64. The first-order valence-electron chi connectivity index (χ1n) is 9.57. The standard InChI is InChI=1S/C19H28N4O3/c1-13-15-10-26-12-19(6-7-23(11-19)16(24)5-8-25-2)17(15)22-18(21-13)20-9-14-3-4-14/h14H,3-12H2,1-2H3,(H,20,21,22)/t19-/m0/s1. The van der Waals surface area contributed by atoms with Gasteiger partial charge in [-0.1, -0.05) is 0 Å². The van der Waals surface area contributed by atoms with Crippen molar-refractivity contribution >= 4 is 11.9 Å². The number of carbonyl (C=O) groups is 1. The average molecular weight is 360 g/mol. The van der Waals surface area contributed by atoms with Crippen LogP contribution in [0, 0.1) is 12.8 Å². The van der Waals surface area contributed by atoms with E-state index < -0.39 is 0 Å². The second kappa shape index (κ2) is 7.12. The molecule has 3 heterocycles. The van der Waals surface area contributed by atoms with Gasteiger partial charge in [-0.15, -0.1) is 0 Å². The Morgan fingerprint density at radius 3 is 3.04 bits per heavy atom. The smallest absolute Gasteiger partial charge is 0.224 e. The zero-order valence-electron chi connectivity index (χ0n) is 15.7. The Labute approximate surface area is 154 Å². The molecule has 142 valence electrons. The minimum absolute atomic E-state index is 0.147. The fourth-order valence-corrected chi connectivity index (χ4v) is 4.00. The molecule has 2 aliphatic heterocycles. The highest BCUT2D eigenvalue weighted by Gasteiger charge is 2.46. The molecule has 1 aromatic rings. The predicted molar refractivity (Wildman–Crippen MR) is 97.0 cm³/mol. The summed E-state index contributed by atoms with van der Waals surface area (Å²) in [6.07, 6.45) is 3.91. The number of likely N-dealkylation sites (tertiary alicyclic amines) is 1. The molecule has 0 aromatic carbocycles. The molecule has 2 fully saturated rings. The highest BCUT2D eigenvalue weighted by Crippen LogP contribution is 2.40. The summed E-state index contributed by atoms with van der Waals surface area (Å²) in [7, 11) is 1.62. The van der Waals surface area contributed by atoms with Crippen molar-refractivity contribution < 1.29 is 14.3 Å². The van der Waals surface area contributed by atoms with Gasteiger partial charge < -0.3 is 19.7 Å². The number of ether oxygens (including phenoxy) is 2. The number of methoxy groups -OCH3 is 1. The largest absolute Gasteiger partial charge is 0.384 e. The summed E-state index contributed by atoms with van der Waals surface area (Å²) >= 11 is 0. The lowest BCUT2D eigenvalue weighted by molar-refractivity contribution is -0.131. The van der Waals surface area contributed by atoms with Crippen LogP contribution in [0.2, 0.25) is 0 Å². The third-order valence-corrected chi connectivity index (χ3v) is 5.81. The van der Waals surface area contributed by atoms with Crippen molar-refractivity contribution in [2.24, 2.45) is 5.92 Å². The number of nitrogens with zero attached hydrogens (tertiary/aromatic N) is 3. The summed E-state index contributed by atoms with van der Waals surface area (Å²) in [5, 5.41) is 3.41. The van der Waals surface area contributed by atoms with Crippen LogP contribution >= 0.6 is 0 Å². The van der Waals surface area contributed by atoms with E-state index in [-0.39, 0.29) is 11.3 Å². The lowest BCUT2D eigenvalue weighted by Gasteiger charge is -2.35. The summed E-state index contributed by atoms with van der Waals surface area (Å²) in [6, 6.07) is 0. The number of hydrogen-bond donors (Lipinski definition) is 1. The van der Waals surface area contributed by atoms with E-state index in [0.717, 1.165) is 48.3 Å². The number of anilines is 1. The molecule has 4 rings (SSSR count). The summed E-state index contributed by atoms with van der Waals surface area (Å²) in [4.78, 5) is 23.9. The third-order valence-electron chi connectivity index (χ3n) is 5.81. The molecule has 1 atom stereocenters. The maximum absolute atomic E-state index is 12.4. The molecule has 26 heavy (non-hydrogen) atoms. The van der Waals surface area contributed by atoms with Gasteiger partial charge in [0.1, 0.15) is 0 Å². The van der Waals surface area contributed by atoms with Crippen LogP contribution in [0.1, 0.15) is 42.6 Å². The highest BCUT2D eigenvalue weighted by molar-refractivity contribution is 5.77. The number of aryl methyl sites for hydroxylation is 1. The number of aromatic nitrogens is 2. The lowest BCUT2D eigenvalue weighted by Crippen LogP contribution is -2.42. The zero-order valence-corrected chi connectivity index (χ0v) is 15.7. The zero-order chi connectivity index (χ0) is 18.1. The van der Waals surface area contributed by atoms with Gasteiger partial charge in [0.05, 0.1) is 37.4 Å². The number of nitrogens with one attached hydrogen (secondary N) is 1. The van der Waals surface area contributed by atoms with Gasteiger partial charge in [0.2, 0.25) is 11.9 Å². The second-order valence-corrected chi connectivity index (χ2v) is 7.87. The Bertz CT molecular complexity index is 692. The van der Waals surface area contributed by atoms with Crippen molar-refractivity contribution in [3.05, 3.63) is 17.0 Å². The van der Waals surface area contributed by atoms with Crippen LogP contribution in [0.5, 0.6) is 0 Å². The SMILES string of the molecule is COCCC(=O)N1CC[C@@]2(COCc3c(C)nc(NCC4CC4)nc32)C1. The predicted octanol–water partition coefficient (Wildman–Crippen LogP) is 1.64. The van der Waals surface area contributed by atoms with Crippen molar-refractivity contribution in [3.8, 4) is 0 Å². The number of fused-ring (bicyclic) bond motifs is 2. The average Bonchev–Trinajstić information content (AvgIpc) is 3.38. The molecule has 0 unspecified atom stereocenters. The van der Waals surface area contributed by atoms with Gasteiger partial charge in [-0.05, 0) is 32.1 Å². The monoisotopic (exact) mass is 360 g/mol. The molecule has 3 aliphatic rings. The molecule has 1 spiro atoms. The van der Waals surface area contributed by atoms with E-state index in [4.69, 9.17) is 14.5 Å². The Balaban J connectivity index is 1.56. The van der Waals surface area contributed by atoms with E-state index in [9.17, 15) is 4.79 Å². The van der Waals surface area contributed by atoms with Crippen molar-refractivity contribution in [1.82, 2.24) is 14.9 Å². The molecular formula is C19H28N4O3. The van der Waals surface area contributed by atoms with Crippen LogP contribution in [0.4, 0.5) is 5.95 Å². The quantitative estimate of drug-likeness (QED) is 0.831. The normalized spacial score (nSPS) is 24.8. The van der Waals surface area contributed by atoms with E-state index in [1.807, 2.05) is 11.8 Å². The van der Waals surface area contributed by atoms with Gasteiger partial charge in [0, 0.05) is 38.0 Å².